The van der Waals surface area contributed by atoms with Crippen molar-refractivity contribution in [2.45, 2.75) is 82.1 Å². The van der Waals surface area contributed by atoms with E-state index in [1.807, 2.05) is 0 Å². The third-order valence-electron chi connectivity index (χ3n) is 6.85. The molecule has 3 saturated heterocycles. The molecule has 0 aliphatic carbocycles. The van der Waals surface area contributed by atoms with Crippen molar-refractivity contribution >= 4 is 29.5 Å². The van der Waals surface area contributed by atoms with E-state index in [2.05, 4.69) is 5.32 Å². The van der Waals surface area contributed by atoms with Crippen LogP contribution in [-0.2, 0) is 24.0 Å². The van der Waals surface area contributed by atoms with Gasteiger partial charge in [0.25, 0.3) is 0 Å². The van der Waals surface area contributed by atoms with E-state index in [0.29, 0.717) is 58.2 Å². The minimum atomic E-state index is -1.23. The number of hydrogen-bond donors (Lipinski definition) is 4. The molecule has 0 saturated carbocycles. The molecule has 3 heterocycles. The Morgan fingerprint density at radius 2 is 1.32 bits per heavy atom. The van der Waals surface area contributed by atoms with E-state index >= 15 is 0 Å². The molecule has 0 spiro atoms. The number of amides is 5. The Balaban J connectivity index is 1.72. The molecule has 5 amide bonds. The van der Waals surface area contributed by atoms with Gasteiger partial charge in [0.2, 0.25) is 29.5 Å². The molecule has 34 heavy (non-hydrogen) atoms. The van der Waals surface area contributed by atoms with E-state index in [-0.39, 0.29) is 17.7 Å². The molecule has 3 aliphatic rings. The van der Waals surface area contributed by atoms with E-state index in [0.717, 1.165) is 0 Å². The second-order valence-electron chi connectivity index (χ2n) is 9.90. The van der Waals surface area contributed by atoms with Gasteiger partial charge in [0.05, 0.1) is 12.1 Å². The van der Waals surface area contributed by atoms with E-state index in [4.69, 9.17) is 11.5 Å². The Hall–Kier alpha value is -2.73. The van der Waals surface area contributed by atoms with Crippen LogP contribution in [0.4, 0.5) is 0 Å². The molecule has 12 nitrogen and oxygen atoms in total. The second kappa shape index (κ2) is 10.3. The van der Waals surface area contributed by atoms with E-state index in [9.17, 15) is 29.1 Å². The lowest BCUT2D eigenvalue weighted by Crippen LogP contribution is -2.59. The Labute approximate surface area is 198 Å². The number of rotatable bonds is 7. The van der Waals surface area contributed by atoms with Crippen LogP contribution in [0.25, 0.3) is 0 Å². The first kappa shape index (κ1) is 25.9. The number of nitrogens with zero attached hydrogens (tertiary/aromatic N) is 3. The van der Waals surface area contributed by atoms with Gasteiger partial charge in [-0.3, -0.25) is 24.0 Å². The lowest BCUT2D eigenvalue weighted by molar-refractivity contribution is -0.151. The smallest absolute Gasteiger partial charge is 0.246 e. The molecular weight excluding hydrogens is 444 g/mol. The second-order valence-corrected chi connectivity index (χ2v) is 9.90. The standard InChI is InChI=1S/C22H36N6O6/c1-22(2,24)21(34)28-11-5-8-16(28)20(33)27-10-4-7-15(27)19(32)26-9-3-6-14(26)18(31)25-13(12-29)17(23)30/h13-16,29H,3-12,24H2,1-2H3,(H2,23,30)(H,25,31)/t13-,14-,15-,16-/m0/s1. The van der Waals surface area contributed by atoms with Crippen molar-refractivity contribution in [3.63, 3.8) is 0 Å². The zero-order valence-electron chi connectivity index (χ0n) is 19.9. The molecule has 0 unspecified atom stereocenters. The minimum absolute atomic E-state index is 0.264. The fraction of sp³-hybridized carbons (Fsp3) is 0.773. The molecule has 0 aromatic rings. The van der Waals surface area contributed by atoms with E-state index < -0.39 is 48.1 Å². The summed E-state index contributed by atoms with van der Waals surface area (Å²) in [6.07, 6.45) is 3.32. The van der Waals surface area contributed by atoms with Gasteiger partial charge < -0.3 is 36.6 Å². The van der Waals surface area contributed by atoms with Crippen molar-refractivity contribution in [3.8, 4) is 0 Å². The predicted molar refractivity (Wildman–Crippen MR) is 121 cm³/mol. The summed E-state index contributed by atoms with van der Waals surface area (Å²) in [5.74, 6) is -2.30. The first-order chi connectivity index (χ1) is 16.0. The number of nitrogens with one attached hydrogen (secondary N) is 1. The molecule has 0 bridgehead atoms. The van der Waals surface area contributed by atoms with Crippen LogP contribution in [0.3, 0.4) is 0 Å². The summed E-state index contributed by atoms with van der Waals surface area (Å²) in [5, 5.41) is 11.7. The molecule has 3 fully saturated rings. The van der Waals surface area contributed by atoms with Crippen molar-refractivity contribution in [1.29, 1.82) is 0 Å². The van der Waals surface area contributed by atoms with Crippen LogP contribution < -0.4 is 16.8 Å². The van der Waals surface area contributed by atoms with Gasteiger partial charge >= 0.3 is 0 Å². The van der Waals surface area contributed by atoms with Gasteiger partial charge in [-0.15, -0.1) is 0 Å². The fourth-order valence-corrected chi connectivity index (χ4v) is 5.08. The zero-order valence-corrected chi connectivity index (χ0v) is 19.9. The van der Waals surface area contributed by atoms with Gasteiger partial charge in [0.1, 0.15) is 24.2 Å². The molecule has 3 rings (SSSR count). The highest BCUT2D eigenvalue weighted by molar-refractivity contribution is 5.97. The number of aliphatic hydroxyl groups excluding tert-OH is 1. The molecule has 12 heteroatoms. The van der Waals surface area contributed by atoms with Crippen molar-refractivity contribution in [2.75, 3.05) is 26.2 Å². The lowest BCUT2D eigenvalue weighted by Gasteiger charge is -2.35. The summed E-state index contributed by atoms with van der Waals surface area (Å²) in [4.78, 5) is 68.3. The first-order valence-corrected chi connectivity index (χ1v) is 11.9. The maximum atomic E-state index is 13.5. The number of carbonyl (C=O) groups excluding carboxylic acids is 5. The summed E-state index contributed by atoms with van der Waals surface area (Å²) in [6, 6.07) is -3.40. The molecule has 0 radical (unpaired) electrons. The monoisotopic (exact) mass is 480 g/mol. The van der Waals surface area contributed by atoms with Crippen LogP contribution in [0.5, 0.6) is 0 Å². The zero-order chi connectivity index (χ0) is 25.2. The Kier molecular flexibility index (Phi) is 7.81. The topological polar surface area (TPSA) is 179 Å². The number of primary amides is 1. The first-order valence-electron chi connectivity index (χ1n) is 11.9. The number of aliphatic hydroxyl groups is 1. The summed E-state index contributed by atoms with van der Waals surface area (Å²) in [6.45, 7) is 3.78. The van der Waals surface area contributed by atoms with Gasteiger partial charge in [-0.2, -0.15) is 0 Å². The van der Waals surface area contributed by atoms with Crippen molar-refractivity contribution < 1.29 is 29.1 Å². The normalized spacial score (nSPS) is 26.0. The van der Waals surface area contributed by atoms with E-state index in [1.54, 1.807) is 13.8 Å². The highest BCUT2D eigenvalue weighted by Gasteiger charge is 2.46. The number of nitrogens with two attached hydrogens (primary N) is 2. The SMILES string of the molecule is CC(C)(N)C(=O)N1CCC[C@H]1C(=O)N1CCC[C@H]1C(=O)N1CCC[C@H]1C(=O)N[C@@H](CO)C(N)=O. The number of likely N-dealkylation sites (tertiary alicyclic amines) is 3. The number of carbonyl (C=O) groups is 5. The van der Waals surface area contributed by atoms with Gasteiger partial charge in [0, 0.05) is 19.6 Å². The van der Waals surface area contributed by atoms with Gasteiger partial charge in [0.15, 0.2) is 0 Å². The molecular formula is C22H36N6O6. The maximum absolute atomic E-state index is 13.5. The third-order valence-corrected chi connectivity index (χ3v) is 6.85. The van der Waals surface area contributed by atoms with Crippen LogP contribution in [0.15, 0.2) is 0 Å². The molecule has 0 aromatic heterocycles. The minimum Gasteiger partial charge on any atom is -0.394 e. The fourth-order valence-electron chi connectivity index (χ4n) is 5.08. The maximum Gasteiger partial charge on any atom is 0.246 e. The van der Waals surface area contributed by atoms with Crippen LogP contribution >= 0.6 is 0 Å². The Morgan fingerprint density at radius 1 is 0.882 bits per heavy atom. The van der Waals surface area contributed by atoms with Gasteiger partial charge in [-0.05, 0) is 52.4 Å². The van der Waals surface area contributed by atoms with Crippen molar-refractivity contribution in [3.05, 3.63) is 0 Å². The molecule has 3 aliphatic heterocycles. The van der Waals surface area contributed by atoms with E-state index in [1.165, 1.54) is 14.7 Å². The van der Waals surface area contributed by atoms with Gasteiger partial charge in [-0.1, -0.05) is 0 Å². The number of hydrogen-bond acceptors (Lipinski definition) is 7. The highest BCUT2D eigenvalue weighted by atomic mass is 16.3. The Morgan fingerprint density at radius 3 is 1.79 bits per heavy atom. The average molecular weight is 481 g/mol. The van der Waals surface area contributed by atoms with Crippen molar-refractivity contribution in [2.24, 2.45) is 11.5 Å². The summed E-state index contributed by atoms with van der Waals surface area (Å²) in [7, 11) is 0. The summed E-state index contributed by atoms with van der Waals surface area (Å²) in [5.41, 5.74) is 10.1. The molecule has 6 N–H and O–H groups in total. The molecule has 4 atom stereocenters. The quantitative estimate of drug-likeness (QED) is 0.315. The summed E-state index contributed by atoms with van der Waals surface area (Å²) >= 11 is 0. The highest BCUT2D eigenvalue weighted by Crippen LogP contribution is 2.29. The van der Waals surface area contributed by atoms with Crippen LogP contribution in [-0.4, -0.2) is 105 Å². The average Bonchev–Trinajstić information content (AvgIpc) is 3.54. The predicted octanol–water partition coefficient (Wildman–Crippen LogP) is -2.34. The third kappa shape index (κ3) is 5.17. The van der Waals surface area contributed by atoms with Crippen LogP contribution in [0.2, 0.25) is 0 Å². The van der Waals surface area contributed by atoms with Crippen LogP contribution in [0.1, 0.15) is 52.4 Å². The lowest BCUT2D eigenvalue weighted by atomic mass is 10.0. The van der Waals surface area contributed by atoms with Crippen molar-refractivity contribution in [1.82, 2.24) is 20.0 Å². The molecule has 190 valence electrons. The summed E-state index contributed by atoms with van der Waals surface area (Å²) < 4.78 is 0. The Bertz CT molecular complexity index is 842. The largest absolute Gasteiger partial charge is 0.394 e. The van der Waals surface area contributed by atoms with Crippen LogP contribution in [0, 0.1) is 0 Å². The van der Waals surface area contributed by atoms with Gasteiger partial charge in [-0.25, -0.2) is 0 Å². The molecule has 0 aromatic carbocycles.